The minimum atomic E-state index is -0.454. The molecule has 5 aromatic rings. The lowest BCUT2D eigenvalue weighted by molar-refractivity contribution is -0.384. The van der Waals surface area contributed by atoms with Crippen LogP contribution in [-0.4, -0.2) is 23.7 Å². The molecule has 220 valence electrons. The Kier molecular flexibility index (Phi) is 6.78. The lowest BCUT2D eigenvalue weighted by Crippen LogP contribution is -2.39. The van der Waals surface area contributed by atoms with Gasteiger partial charge in [-0.25, -0.2) is 4.99 Å². The molecular weight excluding hydrogens is 578 g/mol. The van der Waals surface area contributed by atoms with E-state index in [1.807, 2.05) is 30.3 Å². The fourth-order valence-electron chi connectivity index (χ4n) is 6.06. The molecule has 1 aliphatic carbocycles. The highest BCUT2D eigenvalue weighted by Crippen LogP contribution is 2.44. The maximum atomic E-state index is 14.2. The van der Waals surface area contributed by atoms with E-state index in [2.05, 4.69) is 12.1 Å². The first-order chi connectivity index (χ1) is 21.4. The normalized spacial score (nSPS) is 15.7. The minimum absolute atomic E-state index is 0.0385. The number of thiazole rings is 1. The van der Waals surface area contributed by atoms with Gasteiger partial charge in [0.15, 0.2) is 4.80 Å². The van der Waals surface area contributed by atoms with Gasteiger partial charge in [0.1, 0.15) is 23.0 Å². The smallest absolute Gasteiger partial charge is 0.280 e. The van der Waals surface area contributed by atoms with Gasteiger partial charge in [0.2, 0.25) is 0 Å². The molecule has 0 N–H and O–H groups in total. The molecule has 10 heteroatoms. The number of nitro groups is 1. The molecule has 2 aliphatic rings. The Morgan fingerprint density at radius 3 is 2.66 bits per heavy atom. The quantitative estimate of drug-likeness (QED) is 0.178. The Morgan fingerprint density at radius 2 is 1.86 bits per heavy atom. The van der Waals surface area contributed by atoms with Gasteiger partial charge in [-0.15, -0.1) is 0 Å². The van der Waals surface area contributed by atoms with E-state index >= 15 is 0 Å². The summed E-state index contributed by atoms with van der Waals surface area (Å²) < 4.78 is 19.6. The van der Waals surface area contributed by atoms with E-state index in [0.717, 1.165) is 40.8 Å². The molecule has 1 aliphatic heterocycles. The number of nitro benzene ring substituents is 1. The summed E-state index contributed by atoms with van der Waals surface area (Å²) >= 11 is 1.28. The summed E-state index contributed by atoms with van der Waals surface area (Å²) in [6.07, 6.45) is 3.24. The van der Waals surface area contributed by atoms with Crippen LogP contribution in [-0.2, 0) is 6.42 Å². The molecule has 3 aromatic carbocycles. The minimum Gasteiger partial charge on any atom is -0.497 e. The van der Waals surface area contributed by atoms with Crippen LogP contribution in [0.3, 0.4) is 0 Å². The number of hydrogen-bond acceptors (Lipinski definition) is 8. The molecule has 0 spiro atoms. The first-order valence-electron chi connectivity index (χ1n) is 14.1. The predicted molar refractivity (Wildman–Crippen MR) is 168 cm³/mol. The third kappa shape index (κ3) is 4.55. The Bertz CT molecular complexity index is 2190. The van der Waals surface area contributed by atoms with Crippen LogP contribution in [0.1, 0.15) is 40.5 Å². The van der Waals surface area contributed by atoms with E-state index in [9.17, 15) is 14.9 Å². The number of ether oxygens (including phenoxy) is 2. The summed E-state index contributed by atoms with van der Waals surface area (Å²) in [6, 6.07) is 21.8. The molecule has 1 atom stereocenters. The molecule has 9 nitrogen and oxygen atoms in total. The van der Waals surface area contributed by atoms with Crippen molar-refractivity contribution in [2.24, 2.45) is 4.99 Å². The number of nitrogens with zero attached hydrogens (tertiary/aromatic N) is 3. The van der Waals surface area contributed by atoms with Gasteiger partial charge in [-0.3, -0.25) is 19.5 Å². The summed E-state index contributed by atoms with van der Waals surface area (Å²) in [6.45, 7) is 1.80. The van der Waals surface area contributed by atoms with Crippen LogP contribution < -0.4 is 24.4 Å². The van der Waals surface area contributed by atoms with Crippen molar-refractivity contribution in [3.63, 3.8) is 0 Å². The van der Waals surface area contributed by atoms with Gasteiger partial charge in [-0.2, -0.15) is 0 Å². The van der Waals surface area contributed by atoms with Gasteiger partial charge in [-0.05, 0) is 72.9 Å². The highest BCUT2D eigenvalue weighted by molar-refractivity contribution is 7.07. The van der Waals surface area contributed by atoms with Crippen molar-refractivity contribution in [1.29, 1.82) is 0 Å². The van der Waals surface area contributed by atoms with E-state index in [-0.39, 0.29) is 11.2 Å². The molecule has 0 radical (unpaired) electrons. The Labute approximate surface area is 255 Å². The van der Waals surface area contributed by atoms with E-state index in [4.69, 9.17) is 18.9 Å². The maximum Gasteiger partial charge on any atom is 0.280 e. The van der Waals surface area contributed by atoms with Crippen molar-refractivity contribution in [3.05, 3.63) is 136 Å². The third-order valence-corrected chi connectivity index (χ3v) is 9.10. The summed E-state index contributed by atoms with van der Waals surface area (Å²) in [4.78, 5) is 31.1. The number of furan rings is 1. The number of methoxy groups -OCH3 is 2. The fourth-order valence-corrected chi connectivity index (χ4v) is 7.04. The number of benzene rings is 3. The average molecular weight is 606 g/mol. The number of rotatable bonds is 6. The summed E-state index contributed by atoms with van der Waals surface area (Å²) in [5, 5.41) is 11.7. The van der Waals surface area contributed by atoms with Crippen molar-refractivity contribution in [2.45, 2.75) is 25.8 Å². The Morgan fingerprint density at radius 1 is 1.02 bits per heavy atom. The molecule has 0 fully saturated rings. The number of hydrogen-bond donors (Lipinski definition) is 0. The molecule has 0 bridgehead atoms. The van der Waals surface area contributed by atoms with Crippen LogP contribution in [0.25, 0.3) is 23.1 Å². The largest absolute Gasteiger partial charge is 0.497 e. The number of aromatic nitrogens is 1. The van der Waals surface area contributed by atoms with Crippen molar-refractivity contribution in [2.75, 3.05) is 14.2 Å². The van der Waals surface area contributed by atoms with Crippen molar-refractivity contribution >= 4 is 28.8 Å². The zero-order chi connectivity index (χ0) is 30.5. The standard InChI is InChI=1S/C34H27N3O6S/c1-19-8-12-24(27(16-19)37(39)40)29-15-11-22(43-29)18-30-33(38)36-32(26-17-21(41-2)10-14-28(26)42-3)25-13-9-20-6-4-5-7-23(20)31(25)35-34(36)44-30/h4-8,10-12,14-18,32H,9,13H2,1-3H3/t32-/m0/s1. The zero-order valence-corrected chi connectivity index (χ0v) is 25.0. The molecular formula is C34H27N3O6S. The molecule has 0 amide bonds. The van der Waals surface area contributed by atoms with Crippen LogP contribution in [0.5, 0.6) is 11.5 Å². The predicted octanol–water partition coefficient (Wildman–Crippen LogP) is 5.81. The topological polar surface area (TPSA) is 109 Å². The zero-order valence-electron chi connectivity index (χ0n) is 24.2. The van der Waals surface area contributed by atoms with Gasteiger partial charge in [0, 0.05) is 23.3 Å². The van der Waals surface area contributed by atoms with Gasteiger partial charge >= 0.3 is 0 Å². The van der Waals surface area contributed by atoms with Crippen LogP contribution in [0.4, 0.5) is 5.69 Å². The van der Waals surface area contributed by atoms with Crippen LogP contribution in [0.2, 0.25) is 0 Å². The maximum absolute atomic E-state index is 14.2. The highest BCUT2D eigenvalue weighted by atomic mass is 32.1. The van der Waals surface area contributed by atoms with Crippen molar-refractivity contribution < 1.29 is 18.8 Å². The number of fused-ring (bicyclic) bond motifs is 3. The summed E-state index contributed by atoms with van der Waals surface area (Å²) in [7, 11) is 3.23. The molecule has 2 aromatic heterocycles. The molecule has 0 unspecified atom stereocenters. The SMILES string of the molecule is COc1ccc(OC)c([C@@H]2C3=C(N=c4sc(=Cc5ccc(-c6ccc(C)cc6[N+](=O)[O-])o5)c(=O)n42)c2ccccc2CC3)c1. The van der Waals surface area contributed by atoms with Crippen LogP contribution >= 0.6 is 11.3 Å². The van der Waals surface area contributed by atoms with E-state index in [1.54, 1.807) is 56.1 Å². The van der Waals surface area contributed by atoms with Gasteiger partial charge in [0.25, 0.3) is 11.2 Å². The van der Waals surface area contributed by atoms with E-state index < -0.39 is 11.0 Å². The van der Waals surface area contributed by atoms with Crippen molar-refractivity contribution in [1.82, 2.24) is 4.57 Å². The Balaban J connectivity index is 1.42. The second kappa shape index (κ2) is 10.8. The van der Waals surface area contributed by atoms with E-state index in [0.29, 0.717) is 37.9 Å². The first-order valence-corrected chi connectivity index (χ1v) is 14.9. The Hall–Kier alpha value is -5.22. The number of allylic oxidation sites excluding steroid dienone is 1. The van der Waals surface area contributed by atoms with Gasteiger partial charge in [0.05, 0.1) is 41.0 Å². The van der Waals surface area contributed by atoms with Gasteiger partial charge < -0.3 is 13.9 Å². The molecule has 0 saturated heterocycles. The number of aryl methyl sites for hydroxylation is 2. The lowest BCUT2D eigenvalue weighted by Gasteiger charge is -2.31. The summed E-state index contributed by atoms with van der Waals surface area (Å²) in [5.74, 6) is 2.06. The van der Waals surface area contributed by atoms with Crippen LogP contribution in [0.15, 0.2) is 92.6 Å². The second-order valence-electron chi connectivity index (χ2n) is 10.7. The first kappa shape index (κ1) is 27.6. The molecule has 0 saturated carbocycles. The third-order valence-electron chi connectivity index (χ3n) is 8.12. The molecule has 3 heterocycles. The monoisotopic (exact) mass is 605 g/mol. The van der Waals surface area contributed by atoms with Crippen molar-refractivity contribution in [3.8, 4) is 22.8 Å². The highest BCUT2D eigenvalue weighted by Gasteiger charge is 2.34. The average Bonchev–Trinajstić information content (AvgIpc) is 3.63. The fraction of sp³-hybridized carbons (Fsp3) is 0.176. The lowest BCUT2D eigenvalue weighted by atomic mass is 9.83. The second-order valence-corrected chi connectivity index (χ2v) is 11.7. The van der Waals surface area contributed by atoms with Crippen LogP contribution in [0, 0.1) is 17.0 Å². The van der Waals surface area contributed by atoms with E-state index in [1.165, 1.54) is 23.0 Å². The summed E-state index contributed by atoms with van der Waals surface area (Å²) in [5.41, 5.74) is 5.92. The van der Waals surface area contributed by atoms with Gasteiger partial charge in [-0.1, -0.05) is 41.7 Å². The molecule has 7 rings (SSSR count). The molecule has 44 heavy (non-hydrogen) atoms.